The monoisotopic (exact) mass is 304 g/mol. The smallest absolute Gasteiger partial charge is 0.276 e. The van der Waals surface area contributed by atoms with Gasteiger partial charge in [0, 0.05) is 5.56 Å². The summed E-state index contributed by atoms with van der Waals surface area (Å²) in [5, 5.41) is 36.6. The van der Waals surface area contributed by atoms with E-state index in [1.807, 2.05) is 0 Å². The third-order valence-corrected chi connectivity index (χ3v) is 3.56. The zero-order valence-electron chi connectivity index (χ0n) is 10.6. The Hall–Kier alpha value is -0.730. The predicted molar refractivity (Wildman–Crippen MR) is 69.9 cm³/mol. The van der Waals surface area contributed by atoms with Gasteiger partial charge in [-0.2, -0.15) is 0 Å². The second-order valence-electron chi connectivity index (χ2n) is 4.60. The van der Waals surface area contributed by atoms with E-state index in [-0.39, 0.29) is 6.61 Å². The van der Waals surface area contributed by atoms with Crippen molar-refractivity contribution in [3.63, 3.8) is 0 Å². The van der Waals surface area contributed by atoms with Crippen LogP contribution in [0.25, 0.3) is 0 Å². The first kappa shape index (κ1) is 15.7. The first-order valence-electron chi connectivity index (χ1n) is 6.19. The van der Waals surface area contributed by atoms with Crippen molar-refractivity contribution in [3.8, 4) is 0 Å². The Balaban J connectivity index is 2.31. The molecule has 112 valence electrons. The second-order valence-corrected chi connectivity index (χ2v) is 5.10. The molecule has 20 heavy (non-hydrogen) atoms. The van der Waals surface area contributed by atoms with Crippen molar-refractivity contribution < 1.29 is 29.9 Å². The van der Waals surface area contributed by atoms with E-state index in [0.717, 1.165) is 0 Å². The summed E-state index contributed by atoms with van der Waals surface area (Å²) >= 11 is 6.27. The van der Waals surface area contributed by atoms with Crippen molar-refractivity contribution in [2.75, 3.05) is 13.2 Å². The number of hydrogen-bond donors (Lipinski definition) is 4. The van der Waals surface area contributed by atoms with Gasteiger partial charge in [0.05, 0.1) is 13.2 Å². The fraction of sp³-hybridized carbons (Fsp3) is 0.538. The lowest BCUT2D eigenvalue weighted by molar-refractivity contribution is -0.227. The Morgan fingerprint density at radius 1 is 1.30 bits per heavy atom. The average molecular weight is 305 g/mol. The lowest BCUT2D eigenvalue weighted by Gasteiger charge is -2.32. The minimum Gasteiger partial charge on any atom is -0.394 e. The topological polar surface area (TPSA) is 99.4 Å². The van der Waals surface area contributed by atoms with Gasteiger partial charge in [-0.15, -0.1) is 0 Å². The van der Waals surface area contributed by atoms with E-state index in [1.165, 1.54) is 0 Å². The molecule has 1 aromatic rings. The minimum atomic E-state index is -1.75. The third kappa shape index (κ3) is 3.12. The Labute approximate surface area is 121 Å². The minimum absolute atomic E-state index is 0.270. The van der Waals surface area contributed by atoms with Crippen LogP contribution in [0.15, 0.2) is 30.3 Å². The van der Waals surface area contributed by atoms with Crippen molar-refractivity contribution in [1.82, 2.24) is 0 Å². The number of alkyl halides is 1. The summed E-state index contributed by atoms with van der Waals surface area (Å²) in [5.74, 6) is 0. The number of ether oxygens (including phenoxy) is 2. The summed E-state index contributed by atoms with van der Waals surface area (Å²) in [4.78, 5) is 0. The summed E-state index contributed by atoms with van der Waals surface area (Å²) in [6.45, 7) is -0.912. The van der Waals surface area contributed by atoms with Crippen molar-refractivity contribution in [1.29, 1.82) is 0 Å². The van der Waals surface area contributed by atoms with Gasteiger partial charge in [0.15, 0.2) is 0 Å². The molecule has 1 aliphatic rings. The third-order valence-electron chi connectivity index (χ3n) is 3.14. The Morgan fingerprint density at radius 3 is 2.55 bits per heavy atom. The molecule has 0 spiro atoms. The van der Waals surface area contributed by atoms with Gasteiger partial charge in [0.25, 0.3) is 5.25 Å². The molecule has 1 aliphatic heterocycles. The van der Waals surface area contributed by atoms with Crippen molar-refractivity contribution in [3.05, 3.63) is 35.9 Å². The Bertz CT molecular complexity index is 430. The quantitative estimate of drug-likeness (QED) is 0.563. The summed E-state index contributed by atoms with van der Waals surface area (Å²) in [6, 6.07) is 8.53. The zero-order valence-corrected chi connectivity index (χ0v) is 11.3. The van der Waals surface area contributed by atoms with Gasteiger partial charge in [-0.3, -0.25) is 0 Å². The standard InChI is InChI=1S/C13H17ClO6/c14-13(8-4-2-1-3-5-8)19-7-10(17)11(18)12(20-13)9(16)6-15/h1-5,9-12,15-18H,6-7H2/t9-,10+,11-,12-,13?/m0/s1. The van der Waals surface area contributed by atoms with Crippen molar-refractivity contribution in [2.45, 2.75) is 29.7 Å². The molecule has 0 bridgehead atoms. The highest BCUT2D eigenvalue weighted by Crippen LogP contribution is 2.37. The van der Waals surface area contributed by atoms with Crippen LogP contribution in [-0.4, -0.2) is 58.1 Å². The second kappa shape index (κ2) is 6.36. The van der Waals surface area contributed by atoms with E-state index in [2.05, 4.69) is 0 Å². The highest BCUT2D eigenvalue weighted by Gasteiger charge is 2.45. The normalized spacial score (nSPS) is 36.4. The molecule has 0 aliphatic carbocycles. The van der Waals surface area contributed by atoms with E-state index in [9.17, 15) is 15.3 Å². The average Bonchev–Trinajstić information content (AvgIpc) is 2.60. The van der Waals surface area contributed by atoms with Crippen LogP contribution in [0.4, 0.5) is 0 Å². The Kier molecular flexibility index (Phi) is 4.98. The van der Waals surface area contributed by atoms with Gasteiger partial charge in [-0.1, -0.05) is 41.9 Å². The van der Waals surface area contributed by atoms with E-state index in [4.69, 9.17) is 26.2 Å². The van der Waals surface area contributed by atoms with E-state index < -0.39 is 36.3 Å². The molecule has 6 nitrogen and oxygen atoms in total. The molecule has 0 amide bonds. The lowest BCUT2D eigenvalue weighted by Crippen LogP contribution is -2.48. The SMILES string of the molecule is OC[C@H](O)[C@@H]1OC(Cl)(c2ccccc2)OC[C@@H](O)[C@@H]1O. The van der Waals surface area contributed by atoms with Gasteiger partial charge < -0.3 is 29.9 Å². The predicted octanol–water partition coefficient (Wildman–Crippen LogP) is -0.474. The zero-order chi connectivity index (χ0) is 14.8. The molecule has 0 radical (unpaired) electrons. The molecule has 1 saturated heterocycles. The first-order chi connectivity index (χ1) is 9.48. The van der Waals surface area contributed by atoms with E-state index in [1.54, 1.807) is 30.3 Å². The van der Waals surface area contributed by atoms with Crippen LogP contribution >= 0.6 is 11.6 Å². The highest BCUT2D eigenvalue weighted by molar-refractivity contribution is 6.22. The molecular formula is C13H17ClO6. The van der Waals surface area contributed by atoms with Crippen molar-refractivity contribution in [2.24, 2.45) is 0 Å². The molecule has 2 rings (SSSR count). The van der Waals surface area contributed by atoms with Gasteiger partial charge in [-0.25, -0.2) is 0 Å². The van der Waals surface area contributed by atoms with Crippen LogP contribution in [-0.2, 0) is 14.7 Å². The van der Waals surface area contributed by atoms with Gasteiger partial charge in [-0.05, 0) is 0 Å². The number of hydrogen-bond acceptors (Lipinski definition) is 6. The number of aliphatic hydroxyl groups excluding tert-OH is 4. The fourth-order valence-electron chi connectivity index (χ4n) is 1.99. The number of rotatable bonds is 3. The largest absolute Gasteiger partial charge is 0.394 e. The van der Waals surface area contributed by atoms with E-state index >= 15 is 0 Å². The summed E-state index contributed by atoms with van der Waals surface area (Å²) in [5.41, 5.74) is 0.457. The Morgan fingerprint density at radius 2 is 1.95 bits per heavy atom. The van der Waals surface area contributed by atoms with Gasteiger partial charge in [0.2, 0.25) is 0 Å². The number of benzene rings is 1. The maximum Gasteiger partial charge on any atom is 0.276 e. The van der Waals surface area contributed by atoms with Crippen LogP contribution < -0.4 is 0 Å². The van der Waals surface area contributed by atoms with Crippen LogP contribution in [0.2, 0.25) is 0 Å². The molecule has 7 heteroatoms. The molecule has 1 aromatic carbocycles. The molecule has 1 heterocycles. The molecule has 0 saturated carbocycles. The number of aliphatic hydroxyl groups is 4. The van der Waals surface area contributed by atoms with Crippen molar-refractivity contribution >= 4 is 11.6 Å². The molecule has 1 unspecified atom stereocenters. The van der Waals surface area contributed by atoms with Gasteiger partial charge in [0.1, 0.15) is 24.4 Å². The highest BCUT2D eigenvalue weighted by atomic mass is 35.5. The maximum atomic E-state index is 9.91. The summed E-state index contributed by atoms with van der Waals surface area (Å²) in [6.07, 6.45) is -5.40. The fourth-order valence-corrected chi connectivity index (χ4v) is 2.28. The molecular weight excluding hydrogens is 288 g/mol. The van der Waals surface area contributed by atoms with Gasteiger partial charge >= 0.3 is 0 Å². The molecule has 4 N–H and O–H groups in total. The molecule has 0 aromatic heterocycles. The first-order valence-corrected chi connectivity index (χ1v) is 6.57. The van der Waals surface area contributed by atoms with E-state index in [0.29, 0.717) is 5.56 Å². The van der Waals surface area contributed by atoms with Crippen LogP contribution in [0.1, 0.15) is 5.56 Å². The van der Waals surface area contributed by atoms with Crippen LogP contribution in [0, 0.1) is 0 Å². The van der Waals surface area contributed by atoms with Crippen LogP contribution in [0.5, 0.6) is 0 Å². The summed E-state index contributed by atoms with van der Waals surface area (Å²) < 4.78 is 10.8. The number of halogens is 1. The van der Waals surface area contributed by atoms with Crippen LogP contribution in [0.3, 0.4) is 0 Å². The lowest BCUT2D eigenvalue weighted by atomic mass is 10.0. The molecule has 1 fully saturated rings. The summed E-state index contributed by atoms with van der Waals surface area (Å²) in [7, 11) is 0. The maximum absolute atomic E-state index is 9.91. The molecule has 5 atom stereocenters.